The molecule has 1 aromatic heterocycles. The fraction of sp³-hybridized carbons (Fsp3) is 0.286. The number of hydrogen-bond acceptors (Lipinski definition) is 5. The Balaban J connectivity index is 2.28. The Morgan fingerprint density at radius 2 is 2.05 bits per heavy atom. The molecule has 1 aromatic carbocycles. The molecule has 0 bridgehead atoms. The second-order valence-electron chi connectivity index (χ2n) is 4.55. The van der Waals surface area contributed by atoms with Gasteiger partial charge in [-0.15, -0.1) is 0 Å². The fourth-order valence-corrected chi connectivity index (χ4v) is 1.75. The SMILES string of the molecule is COc1ncnc(Nc2cccc(C(C)C)c2)c1N. The summed E-state index contributed by atoms with van der Waals surface area (Å²) in [6.07, 6.45) is 1.42. The zero-order valence-corrected chi connectivity index (χ0v) is 11.3. The lowest BCUT2D eigenvalue weighted by Gasteiger charge is -2.12. The maximum atomic E-state index is 5.93. The van der Waals surface area contributed by atoms with Crippen LogP contribution in [-0.2, 0) is 0 Å². The summed E-state index contributed by atoms with van der Waals surface area (Å²) in [6, 6.07) is 8.16. The van der Waals surface area contributed by atoms with Gasteiger partial charge < -0.3 is 15.8 Å². The van der Waals surface area contributed by atoms with Crippen LogP contribution in [-0.4, -0.2) is 17.1 Å². The predicted octanol–water partition coefficient (Wildman–Crippen LogP) is 2.93. The number of methoxy groups -OCH3 is 1. The molecule has 0 fully saturated rings. The molecule has 0 saturated carbocycles. The quantitative estimate of drug-likeness (QED) is 0.882. The van der Waals surface area contributed by atoms with Gasteiger partial charge in [-0.3, -0.25) is 0 Å². The van der Waals surface area contributed by atoms with Gasteiger partial charge >= 0.3 is 0 Å². The summed E-state index contributed by atoms with van der Waals surface area (Å²) < 4.78 is 5.07. The van der Waals surface area contributed by atoms with Crippen LogP contribution in [0, 0.1) is 0 Å². The maximum absolute atomic E-state index is 5.93. The zero-order chi connectivity index (χ0) is 13.8. The molecule has 0 spiro atoms. The van der Waals surface area contributed by atoms with Crippen LogP contribution in [0.4, 0.5) is 17.2 Å². The highest BCUT2D eigenvalue weighted by Crippen LogP contribution is 2.28. The number of rotatable bonds is 4. The number of nitrogens with zero attached hydrogens (tertiary/aromatic N) is 2. The van der Waals surface area contributed by atoms with Crippen molar-refractivity contribution in [2.75, 3.05) is 18.2 Å². The van der Waals surface area contributed by atoms with Crippen LogP contribution < -0.4 is 15.8 Å². The Hall–Kier alpha value is -2.30. The standard InChI is InChI=1S/C14H18N4O/c1-9(2)10-5-4-6-11(7-10)18-13-12(15)14(19-3)17-8-16-13/h4-9H,15H2,1-3H3,(H,16,17,18). The van der Waals surface area contributed by atoms with Crippen LogP contribution >= 0.6 is 0 Å². The summed E-state index contributed by atoms with van der Waals surface area (Å²) >= 11 is 0. The van der Waals surface area contributed by atoms with Crippen LogP contribution in [0.5, 0.6) is 5.88 Å². The first-order valence-electron chi connectivity index (χ1n) is 6.13. The van der Waals surface area contributed by atoms with Gasteiger partial charge in [-0.1, -0.05) is 26.0 Å². The van der Waals surface area contributed by atoms with Crippen molar-refractivity contribution in [3.05, 3.63) is 36.2 Å². The van der Waals surface area contributed by atoms with Gasteiger partial charge in [0.2, 0.25) is 5.88 Å². The highest BCUT2D eigenvalue weighted by molar-refractivity contribution is 5.72. The van der Waals surface area contributed by atoms with Crippen LogP contribution in [0.25, 0.3) is 0 Å². The van der Waals surface area contributed by atoms with Crippen molar-refractivity contribution in [2.24, 2.45) is 0 Å². The molecule has 3 N–H and O–H groups in total. The Morgan fingerprint density at radius 1 is 1.26 bits per heavy atom. The van der Waals surface area contributed by atoms with Crippen molar-refractivity contribution in [3.8, 4) is 5.88 Å². The van der Waals surface area contributed by atoms with Gasteiger partial charge in [-0.05, 0) is 23.6 Å². The highest BCUT2D eigenvalue weighted by Gasteiger charge is 2.09. The highest BCUT2D eigenvalue weighted by atomic mass is 16.5. The van der Waals surface area contributed by atoms with E-state index in [1.54, 1.807) is 0 Å². The first-order valence-corrected chi connectivity index (χ1v) is 6.13. The molecule has 0 radical (unpaired) electrons. The molecule has 0 unspecified atom stereocenters. The van der Waals surface area contributed by atoms with E-state index >= 15 is 0 Å². The molecule has 0 aliphatic rings. The molecule has 100 valence electrons. The number of benzene rings is 1. The van der Waals surface area contributed by atoms with E-state index in [9.17, 15) is 0 Å². The third-order valence-electron chi connectivity index (χ3n) is 2.86. The number of nitrogens with one attached hydrogen (secondary N) is 1. The lowest BCUT2D eigenvalue weighted by Crippen LogP contribution is -2.03. The van der Waals surface area contributed by atoms with E-state index in [2.05, 4.69) is 41.3 Å². The number of nitrogen functional groups attached to an aromatic ring is 1. The van der Waals surface area contributed by atoms with Crippen molar-refractivity contribution in [1.29, 1.82) is 0 Å². The average Bonchev–Trinajstić information content (AvgIpc) is 2.41. The van der Waals surface area contributed by atoms with E-state index in [0.717, 1.165) is 5.69 Å². The summed E-state index contributed by atoms with van der Waals surface area (Å²) in [5.41, 5.74) is 8.53. The molecule has 2 rings (SSSR count). The normalized spacial score (nSPS) is 10.5. The van der Waals surface area contributed by atoms with Gasteiger partial charge in [0.1, 0.15) is 12.0 Å². The molecular formula is C14H18N4O. The van der Waals surface area contributed by atoms with Crippen LogP contribution in [0.15, 0.2) is 30.6 Å². The van der Waals surface area contributed by atoms with E-state index in [0.29, 0.717) is 23.3 Å². The molecule has 5 nitrogen and oxygen atoms in total. The molecule has 2 aromatic rings. The molecule has 5 heteroatoms. The number of anilines is 3. The first kappa shape index (κ1) is 13.1. The molecule has 0 saturated heterocycles. The molecule has 0 aliphatic carbocycles. The summed E-state index contributed by atoms with van der Waals surface area (Å²) in [5.74, 6) is 1.39. The van der Waals surface area contributed by atoms with Crippen molar-refractivity contribution in [2.45, 2.75) is 19.8 Å². The number of aromatic nitrogens is 2. The fourth-order valence-electron chi connectivity index (χ4n) is 1.75. The third kappa shape index (κ3) is 2.93. The monoisotopic (exact) mass is 258 g/mol. The lowest BCUT2D eigenvalue weighted by molar-refractivity contribution is 0.399. The minimum absolute atomic E-state index is 0.373. The maximum Gasteiger partial charge on any atom is 0.242 e. The minimum atomic E-state index is 0.373. The van der Waals surface area contributed by atoms with Gasteiger partial charge in [0.25, 0.3) is 0 Å². The van der Waals surface area contributed by atoms with Gasteiger partial charge in [0, 0.05) is 5.69 Å². The van der Waals surface area contributed by atoms with Gasteiger partial charge in [0.15, 0.2) is 5.82 Å². The van der Waals surface area contributed by atoms with Gasteiger partial charge in [-0.25, -0.2) is 4.98 Å². The van der Waals surface area contributed by atoms with Crippen LogP contribution in [0.3, 0.4) is 0 Å². The third-order valence-corrected chi connectivity index (χ3v) is 2.86. The zero-order valence-electron chi connectivity index (χ0n) is 11.3. The Morgan fingerprint density at radius 3 is 2.74 bits per heavy atom. The molecule has 0 aliphatic heterocycles. The lowest BCUT2D eigenvalue weighted by atomic mass is 10.0. The van der Waals surface area contributed by atoms with Gasteiger partial charge in [-0.2, -0.15) is 4.98 Å². The van der Waals surface area contributed by atoms with Crippen molar-refractivity contribution >= 4 is 17.2 Å². The number of nitrogens with two attached hydrogens (primary N) is 1. The second-order valence-corrected chi connectivity index (χ2v) is 4.55. The van der Waals surface area contributed by atoms with Crippen LogP contribution in [0.1, 0.15) is 25.3 Å². The van der Waals surface area contributed by atoms with Gasteiger partial charge in [0.05, 0.1) is 7.11 Å². The van der Waals surface area contributed by atoms with E-state index in [4.69, 9.17) is 10.5 Å². The Labute approximate surface area is 112 Å². The summed E-state index contributed by atoms with van der Waals surface area (Å²) in [7, 11) is 1.53. The number of ether oxygens (including phenoxy) is 1. The summed E-state index contributed by atoms with van der Waals surface area (Å²) in [6.45, 7) is 4.31. The average molecular weight is 258 g/mol. The van der Waals surface area contributed by atoms with E-state index in [-0.39, 0.29) is 0 Å². The molecule has 0 atom stereocenters. The smallest absolute Gasteiger partial charge is 0.242 e. The second kappa shape index (κ2) is 5.56. The Bertz CT molecular complexity index is 569. The summed E-state index contributed by atoms with van der Waals surface area (Å²) in [4.78, 5) is 8.08. The first-order chi connectivity index (χ1) is 9.11. The van der Waals surface area contributed by atoms with E-state index in [1.165, 1.54) is 19.0 Å². The molecule has 1 heterocycles. The van der Waals surface area contributed by atoms with Crippen molar-refractivity contribution in [1.82, 2.24) is 9.97 Å². The van der Waals surface area contributed by atoms with E-state index < -0.39 is 0 Å². The van der Waals surface area contributed by atoms with Crippen molar-refractivity contribution < 1.29 is 4.74 Å². The largest absolute Gasteiger partial charge is 0.479 e. The summed E-state index contributed by atoms with van der Waals surface area (Å²) in [5, 5.41) is 3.19. The number of hydrogen-bond donors (Lipinski definition) is 2. The topological polar surface area (TPSA) is 73.1 Å². The predicted molar refractivity (Wildman–Crippen MR) is 76.8 cm³/mol. The minimum Gasteiger partial charge on any atom is -0.479 e. The van der Waals surface area contributed by atoms with E-state index in [1.807, 2.05) is 12.1 Å². The molecule has 19 heavy (non-hydrogen) atoms. The van der Waals surface area contributed by atoms with Crippen molar-refractivity contribution in [3.63, 3.8) is 0 Å². The molecular weight excluding hydrogens is 240 g/mol. The Kier molecular flexibility index (Phi) is 3.85. The van der Waals surface area contributed by atoms with Crippen LogP contribution in [0.2, 0.25) is 0 Å². The molecule has 0 amide bonds.